The van der Waals surface area contributed by atoms with E-state index in [9.17, 15) is 4.79 Å². The molecule has 0 saturated carbocycles. The Morgan fingerprint density at radius 3 is 2.86 bits per heavy atom. The van der Waals surface area contributed by atoms with E-state index in [0.717, 1.165) is 16.9 Å². The molecule has 29 heavy (non-hydrogen) atoms. The van der Waals surface area contributed by atoms with E-state index in [1.165, 1.54) is 11.8 Å². The van der Waals surface area contributed by atoms with Gasteiger partial charge in [-0.3, -0.25) is 4.79 Å². The molecule has 0 saturated heterocycles. The summed E-state index contributed by atoms with van der Waals surface area (Å²) in [6.45, 7) is 7.03. The molecule has 1 amide bonds. The van der Waals surface area contributed by atoms with E-state index >= 15 is 0 Å². The second kappa shape index (κ2) is 9.76. The summed E-state index contributed by atoms with van der Waals surface area (Å²) in [7, 11) is 0. The highest BCUT2D eigenvalue weighted by Crippen LogP contribution is 2.23. The molecule has 0 atom stereocenters. The van der Waals surface area contributed by atoms with Gasteiger partial charge in [0.05, 0.1) is 11.4 Å². The molecule has 0 aliphatic carbocycles. The van der Waals surface area contributed by atoms with Crippen LogP contribution in [-0.2, 0) is 17.9 Å². The van der Waals surface area contributed by atoms with Gasteiger partial charge >= 0.3 is 0 Å². The fourth-order valence-electron chi connectivity index (χ4n) is 2.65. The number of amides is 1. The van der Waals surface area contributed by atoms with Crippen LogP contribution in [0.5, 0.6) is 5.75 Å². The third-order valence-electron chi connectivity index (χ3n) is 4.18. The first-order valence-corrected chi connectivity index (χ1v) is 10.5. The summed E-state index contributed by atoms with van der Waals surface area (Å²) in [6, 6.07) is 9.50. The quantitative estimate of drug-likeness (QED) is 0.423. The first-order chi connectivity index (χ1) is 14.0. The predicted molar refractivity (Wildman–Crippen MR) is 115 cm³/mol. The van der Waals surface area contributed by atoms with Gasteiger partial charge in [0, 0.05) is 12.7 Å². The van der Waals surface area contributed by atoms with Crippen molar-refractivity contribution in [2.24, 2.45) is 0 Å². The number of thioether (sulfide) groups is 1. The maximum Gasteiger partial charge on any atom is 0.234 e. The number of hydrogen-bond acceptors (Lipinski definition) is 6. The van der Waals surface area contributed by atoms with Crippen molar-refractivity contribution in [2.45, 2.75) is 39.1 Å². The van der Waals surface area contributed by atoms with Crippen molar-refractivity contribution in [3.63, 3.8) is 0 Å². The van der Waals surface area contributed by atoms with E-state index in [1.54, 1.807) is 18.3 Å². The number of rotatable bonds is 8. The molecule has 1 N–H and O–H groups in total. The summed E-state index contributed by atoms with van der Waals surface area (Å²) in [5.74, 6) is 1.54. The maximum absolute atomic E-state index is 12.2. The van der Waals surface area contributed by atoms with Crippen molar-refractivity contribution in [1.82, 2.24) is 19.7 Å². The number of nitrogens with zero attached hydrogens (tertiary/aromatic N) is 4. The lowest BCUT2D eigenvalue weighted by atomic mass is 10.1. The molecule has 0 bridgehead atoms. The number of aryl methyl sites for hydroxylation is 2. The molecule has 0 aliphatic heterocycles. The number of carbonyl (C=O) groups excluding carboxylic acids is 1. The van der Waals surface area contributed by atoms with Crippen LogP contribution in [0.25, 0.3) is 0 Å². The average molecular weight is 432 g/mol. The topological polar surface area (TPSA) is 81.9 Å². The molecule has 1 aromatic carbocycles. The van der Waals surface area contributed by atoms with Crippen LogP contribution in [0.15, 0.2) is 41.7 Å². The van der Waals surface area contributed by atoms with Gasteiger partial charge in [0.1, 0.15) is 12.4 Å². The van der Waals surface area contributed by atoms with E-state index in [0.29, 0.717) is 29.8 Å². The summed E-state index contributed by atoms with van der Waals surface area (Å²) in [6.07, 6.45) is 1.57. The van der Waals surface area contributed by atoms with Crippen LogP contribution >= 0.6 is 23.4 Å². The number of anilines is 1. The summed E-state index contributed by atoms with van der Waals surface area (Å²) in [5, 5.41) is 12.1. The lowest BCUT2D eigenvalue weighted by molar-refractivity contribution is -0.113. The van der Waals surface area contributed by atoms with Gasteiger partial charge in [-0.1, -0.05) is 35.5 Å². The molecule has 152 valence electrons. The van der Waals surface area contributed by atoms with E-state index in [4.69, 9.17) is 16.3 Å². The monoisotopic (exact) mass is 431 g/mol. The number of halogens is 1. The predicted octanol–water partition coefficient (Wildman–Crippen LogP) is 4.27. The normalized spacial score (nSPS) is 10.8. The number of hydrogen-bond donors (Lipinski definition) is 1. The minimum Gasteiger partial charge on any atom is -0.485 e. The third-order valence-corrected chi connectivity index (χ3v) is 5.44. The van der Waals surface area contributed by atoms with Crippen LogP contribution in [0.4, 0.5) is 5.69 Å². The van der Waals surface area contributed by atoms with E-state index < -0.39 is 0 Å². The number of ether oxygens (including phenoxy) is 1. The third kappa shape index (κ3) is 5.48. The zero-order valence-electron chi connectivity index (χ0n) is 16.5. The molecular formula is C20H22ClN5O2S. The zero-order chi connectivity index (χ0) is 20.8. The molecule has 0 spiro atoms. The summed E-state index contributed by atoms with van der Waals surface area (Å²) in [5.41, 5.74) is 2.69. The van der Waals surface area contributed by atoms with Gasteiger partial charge in [-0.25, -0.2) is 4.98 Å². The Labute approximate surface area is 178 Å². The fraction of sp³-hybridized carbons (Fsp3) is 0.300. The Hall–Kier alpha value is -2.58. The molecule has 0 aliphatic rings. The Kier molecular flexibility index (Phi) is 7.11. The van der Waals surface area contributed by atoms with Crippen molar-refractivity contribution in [2.75, 3.05) is 11.1 Å². The number of pyridine rings is 1. The molecule has 3 rings (SSSR count). The summed E-state index contributed by atoms with van der Waals surface area (Å²) in [4.78, 5) is 16.2. The zero-order valence-corrected chi connectivity index (χ0v) is 18.0. The average Bonchev–Trinajstić information content (AvgIpc) is 3.10. The van der Waals surface area contributed by atoms with Gasteiger partial charge in [0.15, 0.2) is 16.1 Å². The molecule has 2 aromatic heterocycles. The molecule has 0 radical (unpaired) electrons. The lowest BCUT2D eigenvalue weighted by Crippen LogP contribution is -2.15. The Morgan fingerprint density at radius 2 is 2.10 bits per heavy atom. The van der Waals surface area contributed by atoms with Gasteiger partial charge in [0.25, 0.3) is 0 Å². The van der Waals surface area contributed by atoms with Gasteiger partial charge in [0.2, 0.25) is 5.91 Å². The highest BCUT2D eigenvalue weighted by Gasteiger charge is 2.15. The minimum atomic E-state index is -0.191. The SMILES string of the molecule is CCn1c(COc2cc(C)ccc2C)nnc1SCC(=O)Nc1cccnc1Cl. The first kappa shape index (κ1) is 21.1. The van der Waals surface area contributed by atoms with Gasteiger partial charge in [-0.05, 0) is 50.1 Å². The van der Waals surface area contributed by atoms with Gasteiger partial charge in [-0.2, -0.15) is 0 Å². The fourth-order valence-corrected chi connectivity index (χ4v) is 3.64. The lowest BCUT2D eigenvalue weighted by Gasteiger charge is -2.11. The van der Waals surface area contributed by atoms with Crippen molar-refractivity contribution in [3.8, 4) is 5.75 Å². The second-order valence-electron chi connectivity index (χ2n) is 6.38. The highest BCUT2D eigenvalue weighted by molar-refractivity contribution is 7.99. The smallest absolute Gasteiger partial charge is 0.234 e. The largest absolute Gasteiger partial charge is 0.485 e. The number of carbonyl (C=O) groups is 1. The van der Waals surface area contributed by atoms with Crippen LogP contribution in [0.2, 0.25) is 5.15 Å². The maximum atomic E-state index is 12.2. The Balaban J connectivity index is 1.61. The van der Waals surface area contributed by atoms with E-state index in [-0.39, 0.29) is 16.8 Å². The molecule has 9 heteroatoms. The standard InChI is InChI=1S/C20H22ClN5O2S/c1-4-26-17(11-28-16-10-13(2)7-8-14(16)3)24-25-20(26)29-12-18(27)23-15-6-5-9-22-19(15)21/h5-10H,4,11-12H2,1-3H3,(H,23,27). The second-order valence-corrected chi connectivity index (χ2v) is 7.68. The van der Waals surface area contributed by atoms with Crippen LogP contribution in [0, 0.1) is 13.8 Å². The molecular weight excluding hydrogens is 410 g/mol. The summed E-state index contributed by atoms with van der Waals surface area (Å²) >= 11 is 7.28. The van der Waals surface area contributed by atoms with Gasteiger partial charge in [-0.15, -0.1) is 10.2 Å². The molecule has 2 heterocycles. The molecule has 0 unspecified atom stereocenters. The van der Waals surface area contributed by atoms with Crippen molar-refractivity contribution in [1.29, 1.82) is 0 Å². The van der Waals surface area contributed by atoms with Crippen LogP contribution in [0.3, 0.4) is 0 Å². The van der Waals surface area contributed by atoms with Gasteiger partial charge < -0.3 is 14.6 Å². The Morgan fingerprint density at radius 1 is 1.28 bits per heavy atom. The first-order valence-electron chi connectivity index (χ1n) is 9.13. The molecule has 0 fully saturated rings. The van der Waals surface area contributed by atoms with Crippen molar-refractivity contribution in [3.05, 3.63) is 58.6 Å². The van der Waals surface area contributed by atoms with Crippen molar-refractivity contribution >= 4 is 35.0 Å². The van der Waals surface area contributed by atoms with Crippen LogP contribution in [0.1, 0.15) is 23.9 Å². The van der Waals surface area contributed by atoms with E-state index in [1.807, 2.05) is 37.5 Å². The molecule has 3 aromatic rings. The summed E-state index contributed by atoms with van der Waals surface area (Å²) < 4.78 is 7.89. The van der Waals surface area contributed by atoms with Crippen LogP contribution < -0.4 is 10.1 Å². The number of nitrogens with one attached hydrogen (secondary N) is 1. The minimum absolute atomic E-state index is 0.182. The number of benzene rings is 1. The highest BCUT2D eigenvalue weighted by atomic mass is 35.5. The van der Waals surface area contributed by atoms with Crippen LogP contribution in [-0.4, -0.2) is 31.4 Å². The van der Waals surface area contributed by atoms with E-state index in [2.05, 4.69) is 26.6 Å². The Bertz CT molecular complexity index is 1010. The van der Waals surface area contributed by atoms with Crippen molar-refractivity contribution < 1.29 is 9.53 Å². The number of aromatic nitrogens is 4. The molecule has 7 nitrogen and oxygen atoms in total.